The molecule has 1 N–H and O–H groups in total. The zero-order chi connectivity index (χ0) is 21.5. The van der Waals surface area contributed by atoms with Crippen LogP contribution in [0.15, 0.2) is 66.7 Å². The van der Waals surface area contributed by atoms with E-state index in [9.17, 15) is 22.8 Å². The van der Waals surface area contributed by atoms with Gasteiger partial charge in [0.15, 0.2) is 6.61 Å². The first kappa shape index (κ1) is 20.9. The van der Waals surface area contributed by atoms with Crippen molar-refractivity contribution < 1.29 is 32.2 Å². The number of para-hydroxylation sites is 1. The highest BCUT2D eigenvalue weighted by atomic mass is 19.1. The molecule has 0 aliphatic rings. The Labute approximate surface area is 170 Å². The van der Waals surface area contributed by atoms with Crippen molar-refractivity contribution in [1.29, 1.82) is 0 Å². The highest BCUT2D eigenvalue weighted by molar-refractivity contribution is 5.96. The molecule has 0 radical (unpaired) electrons. The summed E-state index contributed by atoms with van der Waals surface area (Å²) in [6.07, 6.45) is 0. The van der Waals surface area contributed by atoms with Crippen LogP contribution in [0.25, 0.3) is 0 Å². The Kier molecular flexibility index (Phi) is 6.69. The number of carbonyl (C=O) groups excluding carboxylic acids is 2. The van der Waals surface area contributed by atoms with Crippen LogP contribution in [0, 0.1) is 17.5 Å². The van der Waals surface area contributed by atoms with Crippen molar-refractivity contribution in [3.05, 3.63) is 95.3 Å². The summed E-state index contributed by atoms with van der Waals surface area (Å²) in [5, 5.41) is 2.19. The van der Waals surface area contributed by atoms with E-state index in [4.69, 9.17) is 9.47 Å². The number of ether oxygens (including phenoxy) is 2. The number of hydrogen-bond acceptors (Lipinski definition) is 4. The Morgan fingerprint density at radius 1 is 0.867 bits per heavy atom. The molecule has 3 aromatic rings. The summed E-state index contributed by atoms with van der Waals surface area (Å²) >= 11 is 0. The molecule has 0 unspecified atom stereocenters. The van der Waals surface area contributed by atoms with Crippen LogP contribution in [0.3, 0.4) is 0 Å². The number of nitrogens with one attached hydrogen (secondary N) is 1. The molecule has 0 heterocycles. The molecule has 1 amide bonds. The van der Waals surface area contributed by atoms with Crippen LogP contribution in [0.5, 0.6) is 5.75 Å². The van der Waals surface area contributed by atoms with Gasteiger partial charge in [-0.25, -0.2) is 18.0 Å². The lowest BCUT2D eigenvalue weighted by atomic mass is 10.2. The van der Waals surface area contributed by atoms with Crippen LogP contribution in [-0.4, -0.2) is 18.5 Å². The molecule has 0 atom stereocenters. The highest BCUT2D eigenvalue weighted by Crippen LogP contribution is 2.21. The summed E-state index contributed by atoms with van der Waals surface area (Å²) in [5.74, 6) is -3.50. The number of rotatable bonds is 7. The van der Waals surface area contributed by atoms with Gasteiger partial charge in [-0.15, -0.1) is 0 Å². The predicted molar refractivity (Wildman–Crippen MR) is 102 cm³/mol. The largest absolute Gasteiger partial charge is 0.488 e. The summed E-state index contributed by atoms with van der Waals surface area (Å²) in [6, 6.07) is 14.6. The maximum atomic E-state index is 13.6. The van der Waals surface area contributed by atoms with Crippen molar-refractivity contribution in [2.75, 3.05) is 11.9 Å². The fourth-order valence-electron chi connectivity index (χ4n) is 2.49. The van der Waals surface area contributed by atoms with Crippen molar-refractivity contribution in [2.45, 2.75) is 6.61 Å². The molecule has 8 heteroatoms. The molecule has 0 spiro atoms. The van der Waals surface area contributed by atoms with Crippen LogP contribution in [0.2, 0.25) is 0 Å². The van der Waals surface area contributed by atoms with Gasteiger partial charge in [0.25, 0.3) is 5.91 Å². The molecule has 154 valence electrons. The maximum absolute atomic E-state index is 13.6. The number of benzene rings is 3. The van der Waals surface area contributed by atoms with Gasteiger partial charge in [0.1, 0.15) is 35.4 Å². The van der Waals surface area contributed by atoms with E-state index in [1.807, 2.05) is 0 Å². The SMILES string of the molecule is O=C(COC(=O)c1ccccc1OCc1ccc(F)cc1)Nc1ccc(F)cc1F. The van der Waals surface area contributed by atoms with Gasteiger partial charge in [-0.2, -0.15) is 0 Å². The summed E-state index contributed by atoms with van der Waals surface area (Å²) in [5.41, 5.74) is 0.543. The second-order valence-electron chi connectivity index (χ2n) is 6.16. The van der Waals surface area contributed by atoms with E-state index in [1.165, 1.54) is 18.2 Å². The van der Waals surface area contributed by atoms with Crippen molar-refractivity contribution >= 4 is 17.6 Å². The molecular weight excluding hydrogens is 399 g/mol. The van der Waals surface area contributed by atoms with Crippen LogP contribution >= 0.6 is 0 Å². The molecule has 0 fully saturated rings. The van der Waals surface area contributed by atoms with Gasteiger partial charge in [-0.3, -0.25) is 4.79 Å². The standard InChI is InChI=1S/C22H16F3NO4/c23-15-7-5-14(6-8-15)12-29-20-4-2-1-3-17(20)22(28)30-13-21(27)26-19-10-9-16(24)11-18(19)25/h1-11H,12-13H2,(H,26,27). The van der Waals surface area contributed by atoms with Gasteiger partial charge in [-0.05, 0) is 42.0 Å². The highest BCUT2D eigenvalue weighted by Gasteiger charge is 2.16. The van der Waals surface area contributed by atoms with E-state index in [2.05, 4.69) is 5.32 Å². The molecule has 30 heavy (non-hydrogen) atoms. The third-order valence-electron chi connectivity index (χ3n) is 3.95. The van der Waals surface area contributed by atoms with E-state index in [-0.39, 0.29) is 29.4 Å². The minimum Gasteiger partial charge on any atom is -0.488 e. The van der Waals surface area contributed by atoms with E-state index in [0.29, 0.717) is 11.6 Å². The number of esters is 1. The number of carbonyl (C=O) groups is 2. The monoisotopic (exact) mass is 415 g/mol. The fourth-order valence-corrected chi connectivity index (χ4v) is 2.49. The first-order chi connectivity index (χ1) is 14.4. The normalized spacial score (nSPS) is 10.4. The summed E-state index contributed by atoms with van der Waals surface area (Å²) in [7, 11) is 0. The zero-order valence-corrected chi connectivity index (χ0v) is 15.5. The molecule has 0 bridgehead atoms. The second-order valence-corrected chi connectivity index (χ2v) is 6.16. The van der Waals surface area contributed by atoms with Crippen LogP contribution in [0.4, 0.5) is 18.9 Å². The second kappa shape index (κ2) is 9.60. The number of anilines is 1. The quantitative estimate of drug-likeness (QED) is 0.578. The zero-order valence-electron chi connectivity index (χ0n) is 15.5. The van der Waals surface area contributed by atoms with Crippen molar-refractivity contribution in [2.24, 2.45) is 0 Å². The lowest BCUT2D eigenvalue weighted by Gasteiger charge is -2.12. The molecular formula is C22H16F3NO4. The Morgan fingerprint density at radius 3 is 2.30 bits per heavy atom. The van der Waals surface area contributed by atoms with Crippen LogP contribution < -0.4 is 10.1 Å². The Morgan fingerprint density at radius 2 is 1.57 bits per heavy atom. The van der Waals surface area contributed by atoms with Gasteiger partial charge < -0.3 is 14.8 Å². The number of amides is 1. The summed E-state index contributed by atoms with van der Waals surface area (Å²) < 4.78 is 50.0. The minimum atomic E-state index is -0.950. The molecule has 0 saturated heterocycles. The molecule has 0 saturated carbocycles. The Bertz CT molecular complexity index is 1050. The smallest absolute Gasteiger partial charge is 0.342 e. The summed E-state index contributed by atoms with van der Waals surface area (Å²) in [6.45, 7) is -0.586. The van der Waals surface area contributed by atoms with E-state index >= 15 is 0 Å². The van der Waals surface area contributed by atoms with Gasteiger partial charge in [0.2, 0.25) is 0 Å². The molecule has 0 aliphatic heterocycles. The lowest BCUT2D eigenvalue weighted by molar-refractivity contribution is -0.119. The fraction of sp³-hybridized carbons (Fsp3) is 0.0909. The average molecular weight is 415 g/mol. The van der Waals surface area contributed by atoms with Gasteiger partial charge in [0.05, 0.1) is 5.69 Å². The van der Waals surface area contributed by atoms with E-state index in [0.717, 1.165) is 12.1 Å². The molecule has 5 nitrogen and oxygen atoms in total. The molecule has 3 aromatic carbocycles. The van der Waals surface area contributed by atoms with Crippen molar-refractivity contribution in [3.63, 3.8) is 0 Å². The first-order valence-electron chi connectivity index (χ1n) is 8.80. The van der Waals surface area contributed by atoms with Gasteiger partial charge in [-0.1, -0.05) is 24.3 Å². The average Bonchev–Trinajstić information content (AvgIpc) is 2.74. The third kappa shape index (κ3) is 5.60. The predicted octanol–water partition coefficient (Wildman–Crippen LogP) is 4.48. The molecule has 0 aromatic heterocycles. The topological polar surface area (TPSA) is 64.6 Å². The molecule has 3 rings (SSSR count). The lowest BCUT2D eigenvalue weighted by Crippen LogP contribution is -2.21. The van der Waals surface area contributed by atoms with E-state index < -0.39 is 30.1 Å². The van der Waals surface area contributed by atoms with Crippen LogP contribution in [-0.2, 0) is 16.1 Å². The van der Waals surface area contributed by atoms with Crippen molar-refractivity contribution in [1.82, 2.24) is 0 Å². The number of hydrogen-bond donors (Lipinski definition) is 1. The minimum absolute atomic E-state index is 0.0837. The number of halogens is 3. The molecule has 0 aliphatic carbocycles. The Hall–Kier alpha value is -3.81. The third-order valence-corrected chi connectivity index (χ3v) is 3.95. The van der Waals surface area contributed by atoms with E-state index in [1.54, 1.807) is 30.3 Å². The van der Waals surface area contributed by atoms with Gasteiger partial charge in [0, 0.05) is 6.07 Å². The summed E-state index contributed by atoms with van der Waals surface area (Å²) in [4.78, 5) is 24.2. The van der Waals surface area contributed by atoms with Crippen LogP contribution in [0.1, 0.15) is 15.9 Å². The Balaban J connectivity index is 1.58. The van der Waals surface area contributed by atoms with Gasteiger partial charge >= 0.3 is 5.97 Å². The maximum Gasteiger partial charge on any atom is 0.342 e. The van der Waals surface area contributed by atoms with Crippen molar-refractivity contribution in [3.8, 4) is 5.75 Å². The first-order valence-corrected chi connectivity index (χ1v) is 8.80.